The maximum absolute atomic E-state index is 16.1. The third-order valence-electron chi connectivity index (χ3n) is 9.17. The van der Waals surface area contributed by atoms with Gasteiger partial charge in [-0.25, -0.2) is 4.39 Å². The molecule has 0 spiro atoms. The molecule has 4 aliphatic carbocycles. The van der Waals surface area contributed by atoms with Gasteiger partial charge in [-0.05, 0) is 70.6 Å². The van der Waals surface area contributed by atoms with Crippen molar-refractivity contribution < 1.29 is 39.2 Å². The number of nitrogens with zero attached hydrogens (tertiary/aromatic N) is 2. The number of hydrogen-bond donors (Lipinski definition) is 5. The van der Waals surface area contributed by atoms with Crippen LogP contribution in [0.4, 0.5) is 4.39 Å². The lowest BCUT2D eigenvalue weighted by molar-refractivity contribution is -0.148. The topological polar surface area (TPSA) is 165 Å². The monoisotopic (exact) mass is 571 g/mol. The quantitative estimate of drug-likeness (QED) is 0.280. The van der Waals surface area contributed by atoms with Gasteiger partial charge in [-0.15, -0.1) is 0 Å². The molecular formula is C30H38FN3O7. The number of rotatable bonds is 9. The molecule has 41 heavy (non-hydrogen) atoms. The average Bonchev–Trinajstić information content (AvgIpc) is 3.71. The van der Waals surface area contributed by atoms with Crippen molar-refractivity contribution in [2.75, 3.05) is 27.2 Å². The van der Waals surface area contributed by atoms with Crippen LogP contribution in [-0.4, -0.2) is 86.5 Å². The van der Waals surface area contributed by atoms with E-state index in [0.717, 1.165) is 38.8 Å². The first-order chi connectivity index (χ1) is 19.3. The highest BCUT2D eigenvalue weighted by molar-refractivity contribution is 6.24. The molecule has 1 fully saturated rings. The Morgan fingerprint density at radius 1 is 1.20 bits per heavy atom. The Balaban J connectivity index is 1.58. The van der Waals surface area contributed by atoms with Crippen molar-refractivity contribution in [2.24, 2.45) is 23.5 Å². The molecule has 222 valence electrons. The number of phenolic OH excluding ortho intramolecular Hbond substituents is 1. The Bertz CT molecular complexity index is 1380. The Labute approximate surface area is 237 Å². The number of primary amides is 1. The van der Waals surface area contributed by atoms with E-state index in [-0.39, 0.29) is 41.6 Å². The predicted molar refractivity (Wildman–Crippen MR) is 147 cm³/mol. The normalized spacial score (nSPS) is 27.8. The molecule has 1 saturated carbocycles. The average molecular weight is 572 g/mol. The fraction of sp³-hybridized carbons (Fsp3) is 0.567. The van der Waals surface area contributed by atoms with E-state index in [1.165, 1.54) is 11.0 Å². The fourth-order valence-corrected chi connectivity index (χ4v) is 6.99. The van der Waals surface area contributed by atoms with E-state index in [4.69, 9.17) is 5.73 Å². The van der Waals surface area contributed by atoms with Crippen molar-refractivity contribution in [3.8, 4) is 5.75 Å². The van der Waals surface area contributed by atoms with Gasteiger partial charge in [0.25, 0.3) is 5.91 Å². The summed E-state index contributed by atoms with van der Waals surface area (Å²) in [4.78, 5) is 42.9. The van der Waals surface area contributed by atoms with Crippen LogP contribution in [0.2, 0.25) is 0 Å². The number of ketones is 2. The summed E-state index contributed by atoms with van der Waals surface area (Å²) in [6.45, 7) is 3.99. The highest BCUT2D eigenvalue weighted by atomic mass is 19.1. The zero-order chi connectivity index (χ0) is 30.0. The first-order valence-electron chi connectivity index (χ1n) is 14.2. The second-order valence-electron chi connectivity index (χ2n) is 12.2. The molecule has 5 rings (SSSR count). The van der Waals surface area contributed by atoms with Gasteiger partial charge in [0, 0.05) is 35.7 Å². The molecule has 1 aromatic carbocycles. The Morgan fingerprint density at radius 3 is 2.46 bits per heavy atom. The predicted octanol–water partition coefficient (Wildman–Crippen LogP) is 2.27. The Kier molecular flexibility index (Phi) is 7.50. The largest absolute Gasteiger partial charge is 0.510 e. The van der Waals surface area contributed by atoms with Crippen molar-refractivity contribution in [3.05, 3.63) is 51.2 Å². The molecule has 11 heteroatoms. The number of fused-ring (bicyclic) bond motifs is 3. The minimum Gasteiger partial charge on any atom is -0.510 e. The van der Waals surface area contributed by atoms with Crippen LogP contribution in [0.1, 0.15) is 60.5 Å². The van der Waals surface area contributed by atoms with E-state index in [1.54, 1.807) is 14.1 Å². The second-order valence-corrected chi connectivity index (χ2v) is 12.2. The highest BCUT2D eigenvalue weighted by Gasteiger charge is 2.63. The lowest BCUT2D eigenvalue weighted by Gasteiger charge is -2.50. The number of Topliss-reactive ketones (excluding diaryl/α,β-unsaturated/α-hetero) is 2. The number of halogens is 1. The smallest absolute Gasteiger partial charge is 0.255 e. The number of likely N-dealkylation sites (N-methyl/N-ethyl adjacent to an activating group) is 1. The van der Waals surface area contributed by atoms with E-state index in [9.17, 15) is 34.8 Å². The van der Waals surface area contributed by atoms with Crippen LogP contribution in [0, 0.1) is 23.6 Å². The van der Waals surface area contributed by atoms with Crippen LogP contribution in [0.15, 0.2) is 28.7 Å². The van der Waals surface area contributed by atoms with Gasteiger partial charge in [0.15, 0.2) is 11.4 Å². The Hall–Kier alpha value is -3.28. The summed E-state index contributed by atoms with van der Waals surface area (Å²) < 4.78 is 16.1. The number of hydrogen-bond acceptors (Lipinski definition) is 9. The number of unbranched alkanes of at least 4 members (excludes halogenated alkanes) is 1. The van der Waals surface area contributed by atoms with Gasteiger partial charge in [-0.1, -0.05) is 13.3 Å². The third-order valence-corrected chi connectivity index (χ3v) is 9.17. The van der Waals surface area contributed by atoms with Crippen LogP contribution in [-0.2, 0) is 22.6 Å². The molecule has 0 aromatic heterocycles. The minimum absolute atomic E-state index is 0.0278. The first-order valence-corrected chi connectivity index (χ1v) is 14.2. The number of phenols is 1. The van der Waals surface area contributed by atoms with Gasteiger partial charge in [0.1, 0.15) is 28.7 Å². The van der Waals surface area contributed by atoms with Gasteiger partial charge in [-0.2, -0.15) is 0 Å². The van der Waals surface area contributed by atoms with Gasteiger partial charge in [-0.3, -0.25) is 24.2 Å². The second kappa shape index (κ2) is 10.5. The number of carbonyl (C=O) groups excluding carboxylic acids is 3. The van der Waals surface area contributed by atoms with E-state index >= 15 is 4.39 Å². The standard InChI is InChI=1S/C30H38FN3O7/c1-4-5-8-34(12-14-6-7-14)13-16-11-19(35)21-17(23(16)31)9-15-10-18-24(33(2)3)26(37)22(29(32)40)28(39)30(18,41)27(38)20(15)25(21)36/h11,14-15,18,24,35,37-38,41H,4-10,12-13H2,1-3H3,(H2,32,40)/t15-,18-,24-,30-/m0/s1. The van der Waals surface area contributed by atoms with Gasteiger partial charge in [0.2, 0.25) is 5.78 Å². The molecule has 0 bridgehead atoms. The number of allylic oxidation sites excluding steroid dienone is 1. The minimum atomic E-state index is -2.72. The van der Waals surface area contributed by atoms with E-state index in [2.05, 4.69) is 11.8 Å². The van der Waals surface area contributed by atoms with Gasteiger partial charge < -0.3 is 26.2 Å². The molecule has 0 unspecified atom stereocenters. The van der Waals surface area contributed by atoms with Crippen LogP contribution in [0.5, 0.6) is 5.75 Å². The van der Waals surface area contributed by atoms with Crippen molar-refractivity contribution in [1.82, 2.24) is 9.80 Å². The summed E-state index contributed by atoms with van der Waals surface area (Å²) in [5, 5.41) is 44.8. The fourth-order valence-electron chi connectivity index (χ4n) is 6.99. The molecular weight excluding hydrogens is 533 g/mol. The van der Waals surface area contributed by atoms with Crippen molar-refractivity contribution in [2.45, 2.75) is 63.6 Å². The molecule has 0 radical (unpaired) electrons. The number of aliphatic hydroxyl groups is 3. The lowest BCUT2D eigenvalue weighted by Crippen LogP contribution is -2.63. The molecule has 1 amide bonds. The summed E-state index contributed by atoms with van der Waals surface area (Å²) in [7, 11) is 3.12. The summed E-state index contributed by atoms with van der Waals surface area (Å²) in [6, 6.07) is 0.148. The number of aliphatic hydroxyl groups excluding tert-OH is 2. The molecule has 0 aliphatic heterocycles. The maximum atomic E-state index is 16.1. The number of benzene rings is 1. The molecule has 4 aliphatic rings. The number of nitrogens with two attached hydrogens (primary N) is 1. The van der Waals surface area contributed by atoms with Gasteiger partial charge in [0.05, 0.1) is 11.6 Å². The summed E-state index contributed by atoms with van der Waals surface area (Å²) in [5.41, 5.74) is 1.46. The number of aromatic hydroxyl groups is 1. The molecule has 1 aromatic rings. The molecule has 0 saturated heterocycles. The first kappa shape index (κ1) is 29.2. The van der Waals surface area contributed by atoms with Crippen LogP contribution >= 0.6 is 0 Å². The maximum Gasteiger partial charge on any atom is 0.255 e. The highest BCUT2D eigenvalue weighted by Crippen LogP contribution is 2.52. The van der Waals surface area contributed by atoms with Crippen LogP contribution in [0.25, 0.3) is 0 Å². The van der Waals surface area contributed by atoms with E-state index in [0.29, 0.717) is 5.92 Å². The molecule has 10 nitrogen and oxygen atoms in total. The lowest BCUT2D eigenvalue weighted by atomic mass is 9.58. The molecule has 4 atom stereocenters. The summed E-state index contributed by atoms with van der Waals surface area (Å²) >= 11 is 0. The summed E-state index contributed by atoms with van der Waals surface area (Å²) in [6.07, 6.45) is 4.08. The van der Waals surface area contributed by atoms with E-state index in [1.807, 2.05) is 0 Å². The summed E-state index contributed by atoms with van der Waals surface area (Å²) in [5.74, 6) is -7.50. The zero-order valence-corrected chi connectivity index (χ0v) is 23.6. The molecule has 6 N–H and O–H groups in total. The number of carbonyl (C=O) groups is 3. The van der Waals surface area contributed by atoms with Crippen molar-refractivity contribution >= 4 is 17.5 Å². The SMILES string of the molecule is CCCCN(Cc1cc(O)c2c(c1F)C[C@H]1C[C@H]3[C@H](N(C)C)C(O)=C(C(N)=O)C(=O)[C@@]3(O)C(O)=C1C2=O)CC1CC1. The van der Waals surface area contributed by atoms with Crippen LogP contribution in [0.3, 0.4) is 0 Å². The third kappa shape index (κ3) is 4.64. The zero-order valence-electron chi connectivity index (χ0n) is 23.6. The Morgan fingerprint density at radius 2 is 1.88 bits per heavy atom. The van der Waals surface area contributed by atoms with Crippen molar-refractivity contribution in [3.63, 3.8) is 0 Å². The van der Waals surface area contributed by atoms with Gasteiger partial charge >= 0.3 is 0 Å². The van der Waals surface area contributed by atoms with Crippen molar-refractivity contribution in [1.29, 1.82) is 0 Å². The number of amides is 1. The van der Waals surface area contributed by atoms with Crippen LogP contribution < -0.4 is 5.73 Å². The van der Waals surface area contributed by atoms with E-state index < -0.39 is 69.6 Å². The molecule has 0 heterocycles.